The average molecular weight is 264 g/mol. The minimum absolute atomic E-state index is 0.0148. The van der Waals surface area contributed by atoms with Gasteiger partial charge in [0.2, 0.25) is 0 Å². The molecule has 1 aromatic carbocycles. The highest BCUT2D eigenvalue weighted by Gasteiger charge is 2.32. The molecular formula is C12H12N2O3S. The summed E-state index contributed by atoms with van der Waals surface area (Å²) in [6.07, 6.45) is 2.49. The Balaban J connectivity index is 2.19. The molecule has 1 aromatic rings. The van der Waals surface area contributed by atoms with Gasteiger partial charge in [-0.05, 0) is 25.0 Å². The quantitative estimate of drug-likeness (QED) is 0.619. The highest BCUT2D eigenvalue weighted by Crippen LogP contribution is 2.32. The summed E-state index contributed by atoms with van der Waals surface area (Å²) >= 11 is 0. The van der Waals surface area contributed by atoms with Crippen LogP contribution in [-0.4, -0.2) is 14.4 Å². The smallest absolute Gasteiger partial charge is 0.258 e. The lowest BCUT2D eigenvalue weighted by molar-refractivity contribution is -0.384. The molecule has 0 heterocycles. The fourth-order valence-electron chi connectivity index (χ4n) is 2.21. The zero-order chi connectivity index (χ0) is 13.1. The van der Waals surface area contributed by atoms with E-state index in [1.165, 1.54) is 24.3 Å². The van der Waals surface area contributed by atoms with Gasteiger partial charge in [-0.15, -0.1) is 0 Å². The molecule has 0 bridgehead atoms. The van der Waals surface area contributed by atoms with Crippen LogP contribution in [0.3, 0.4) is 0 Å². The lowest BCUT2D eigenvalue weighted by Gasteiger charge is -2.12. The van der Waals surface area contributed by atoms with Crippen molar-refractivity contribution in [3.05, 3.63) is 34.4 Å². The van der Waals surface area contributed by atoms with Crippen LogP contribution in [-0.2, 0) is 10.8 Å². The molecule has 1 aliphatic rings. The summed E-state index contributed by atoms with van der Waals surface area (Å²) in [6.45, 7) is 0. The van der Waals surface area contributed by atoms with E-state index in [1.807, 2.05) is 0 Å². The Morgan fingerprint density at radius 1 is 1.33 bits per heavy atom. The van der Waals surface area contributed by atoms with Crippen molar-refractivity contribution < 1.29 is 9.13 Å². The lowest BCUT2D eigenvalue weighted by Crippen LogP contribution is -2.19. The summed E-state index contributed by atoms with van der Waals surface area (Å²) in [5, 5.41) is 19.4. The molecule has 1 saturated carbocycles. The van der Waals surface area contributed by atoms with Gasteiger partial charge in [0.05, 0.1) is 33.0 Å². The molecule has 0 N–H and O–H groups in total. The molecule has 1 fully saturated rings. The molecule has 0 radical (unpaired) electrons. The zero-order valence-corrected chi connectivity index (χ0v) is 10.4. The lowest BCUT2D eigenvalue weighted by atomic mass is 10.1. The predicted molar refractivity (Wildman–Crippen MR) is 66.2 cm³/mol. The molecule has 3 atom stereocenters. The van der Waals surface area contributed by atoms with E-state index in [2.05, 4.69) is 6.07 Å². The van der Waals surface area contributed by atoms with Gasteiger partial charge in [-0.25, -0.2) is 0 Å². The van der Waals surface area contributed by atoms with Crippen LogP contribution in [0.4, 0.5) is 5.69 Å². The van der Waals surface area contributed by atoms with Crippen LogP contribution < -0.4 is 0 Å². The Morgan fingerprint density at radius 2 is 2.00 bits per heavy atom. The van der Waals surface area contributed by atoms with Crippen molar-refractivity contribution >= 4 is 16.5 Å². The monoisotopic (exact) mass is 264 g/mol. The van der Waals surface area contributed by atoms with Crippen molar-refractivity contribution in [2.45, 2.75) is 29.4 Å². The van der Waals surface area contributed by atoms with Gasteiger partial charge in [-0.1, -0.05) is 6.42 Å². The number of rotatable bonds is 3. The number of benzene rings is 1. The Bertz CT molecular complexity index is 521. The van der Waals surface area contributed by atoms with Crippen LogP contribution in [0, 0.1) is 27.4 Å². The van der Waals surface area contributed by atoms with Gasteiger partial charge >= 0.3 is 0 Å². The molecule has 3 unspecified atom stereocenters. The summed E-state index contributed by atoms with van der Waals surface area (Å²) < 4.78 is 12.3. The van der Waals surface area contributed by atoms with Gasteiger partial charge in [-0.2, -0.15) is 5.26 Å². The van der Waals surface area contributed by atoms with Gasteiger partial charge < -0.3 is 0 Å². The highest BCUT2D eigenvalue weighted by molar-refractivity contribution is 7.85. The number of nitrogens with zero attached hydrogens (tertiary/aromatic N) is 2. The maximum atomic E-state index is 12.3. The Morgan fingerprint density at radius 3 is 2.56 bits per heavy atom. The van der Waals surface area contributed by atoms with E-state index in [-0.39, 0.29) is 16.9 Å². The van der Waals surface area contributed by atoms with Crippen molar-refractivity contribution in [2.75, 3.05) is 0 Å². The topological polar surface area (TPSA) is 84.0 Å². The van der Waals surface area contributed by atoms with Gasteiger partial charge in [0.15, 0.2) is 0 Å². The molecule has 6 heteroatoms. The van der Waals surface area contributed by atoms with Crippen LogP contribution >= 0.6 is 0 Å². The number of nitro groups is 1. The van der Waals surface area contributed by atoms with Crippen molar-refractivity contribution in [2.24, 2.45) is 5.92 Å². The second-order valence-electron chi connectivity index (χ2n) is 4.25. The minimum atomic E-state index is -1.26. The molecule has 0 saturated heterocycles. The fraction of sp³-hybridized carbons (Fsp3) is 0.417. The number of hydrogen-bond acceptors (Lipinski definition) is 4. The van der Waals surface area contributed by atoms with Crippen LogP contribution in [0.15, 0.2) is 29.2 Å². The molecule has 0 spiro atoms. The van der Waals surface area contributed by atoms with Crippen molar-refractivity contribution in [3.8, 4) is 6.07 Å². The number of nitriles is 1. The van der Waals surface area contributed by atoms with Gasteiger partial charge in [-0.3, -0.25) is 14.3 Å². The van der Waals surface area contributed by atoms with Gasteiger partial charge in [0.1, 0.15) is 0 Å². The second kappa shape index (κ2) is 5.27. The largest absolute Gasteiger partial charge is 0.269 e. The molecule has 0 amide bonds. The Labute approximate surface area is 107 Å². The van der Waals surface area contributed by atoms with Gasteiger partial charge in [0.25, 0.3) is 5.69 Å². The minimum Gasteiger partial charge on any atom is -0.258 e. The maximum Gasteiger partial charge on any atom is 0.269 e. The number of hydrogen-bond donors (Lipinski definition) is 0. The molecule has 2 rings (SSSR count). The van der Waals surface area contributed by atoms with Crippen LogP contribution in [0.2, 0.25) is 0 Å². The second-order valence-corrected chi connectivity index (χ2v) is 5.93. The molecule has 0 aromatic heterocycles. The Hall–Kier alpha value is -1.74. The van der Waals surface area contributed by atoms with Crippen LogP contribution in [0.5, 0.6) is 0 Å². The third-order valence-electron chi connectivity index (χ3n) is 3.17. The first kappa shape index (κ1) is 12.7. The first-order valence-corrected chi connectivity index (χ1v) is 6.89. The van der Waals surface area contributed by atoms with Crippen molar-refractivity contribution in [1.82, 2.24) is 0 Å². The number of non-ortho nitro benzene ring substituents is 1. The number of nitro benzene ring substituents is 1. The molecule has 5 nitrogen and oxygen atoms in total. The SMILES string of the molecule is N#CC1CCCC1S(=O)c1ccc([N+](=O)[O-])cc1. The maximum absolute atomic E-state index is 12.3. The van der Waals surface area contributed by atoms with E-state index >= 15 is 0 Å². The van der Waals surface area contributed by atoms with Crippen molar-refractivity contribution in [3.63, 3.8) is 0 Å². The van der Waals surface area contributed by atoms with Crippen LogP contribution in [0.25, 0.3) is 0 Å². The standard InChI is InChI=1S/C12H12N2O3S/c13-8-9-2-1-3-12(9)18(17)11-6-4-10(5-7-11)14(15)16/h4-7,9,12H,1-3H2. The average Bonchev–Trinajstić information content (AvgIpc) is 2.86. The van der Waals surface area contributed by atoms with E-state index in [9.17, 15) is 14.3 Å². The molecular weight excluding hydrogens is 252 g/mol. The summed E-state index contributed by atoms with van der Waals surface area (Å²) in [5.41, 5.74) is -0.0148. The third-order valence-corrected chi connectivity index (χ3v) is 5.02. The van der Waals surface area contributed by atoms with E-state index < -0.39 is 15.7 Å². The summed E-state index contributed by atoms with van der Waals surface area (Å²) in [7, 11) is -1.26. The normalized spacial score (nSPS) is 24.4. The van der Waals surface area contributed by atoms with E-state index in [0.29, 0.717) is 4.90 Å². The van der Waals surface area contributed by atoms with E-state index in [1.54, 1.807) is 0 Å². The fourth-order valence-corrected chi connectivity index (χ4v) is 3.84. The summed E-state index contributed by atoms with van der Waals surface area (Å²) in [6, 6.07) is 7.92. The van der Waals surface area contributed by atoms with E-state index in [4.69, 9.17) is 5.26 Å². The van der Waals surface area contributed by atoms with Crippen molar-refractivity contribution in [1.29, 1.82) is 5.26 Å². The zero-order valence-electron chi connectivity index (χ0n) is 9.61. The first-order chi connectivity index (χ1) is 8.63. The predicted octanol–water partition coefficient (Wildman–Crippen LogP) is 2.39. The molecule has 94 valence electrons. The van der Waals surface area contributed by atoms with E-state index in [0.717, 1.165) is 19.3 Å². The first-order valence-electron chi connectivity index (χ1n) is 5.68. The summed E-state index contributed by atoms with van der Waals surface area (Å²) in [4.78, 5) is 10.6. The third kappa shape index (κ3) is 2.41. The summed E-state index contributed by atoms with van der Waals surface area (Å²) in [5.74, 6) is -0.166. The molecule has 0 aliphatic heterocycles. The molecule has 18 heavy (non-hydrogen) atoms. The highest BCUT2D eigenvalue weighted by atomic mass is 32.2. The van der Waals surface area contributed by atoms with Gasteiger partial charge in [0, 0.05) is 17.0 Å². The van der Waals surface area contributed by atoms with Crippen LogP contribution in [0.1, 0.15) is 19.3 Å². The molecule has 1 aliphatic carbocycles. The Kier molecular flexibility index (Phi) is 3.72.